The molecule has 1 aromatic carbocycles. The lowest BCUT2D eigenvalue weighted by atomic mass is 10.2. The predicted molar refractivity (Wildman–Crippen MR) is 59.5 cm³/mol. The van der Waals surface area contributed by atoms with Crippen LogP contribution in [0.4, 0.5) is 0 Å². The summed E-state index contributed by atoms with van der Waals surface area (Å²) in [6.07, 6.45) is 2.53. The standard InChI is InChI=1S/C12H17NO2/c1-2-3-7-12(15)13-9-10-5-4-6-11(14)8-10/h4-6,8,14H,2-3,7,9H2,1H3,(H,13,15). The van der Waals surface area contributed by atoms with Crippen molar-refractivity contribution in [1.29, 1.82) is 0 Å². The summed E-state index contributed by atoms with van der Waals surface area (Å²) >= 11 is 0. The average molecular weight is 207 g/mol. The minimum atomic E-state index is 0.0696. The first-order chi connectivity index (χ1) is 7.22. The van der Waals surface area contributed by atoms with Crippen LogP contribution in [-0.2, 0) is 11.3 Å². The minimum Gasteiger partial charge on any atom is -0.508 e. The first kappa shape index (κ1) is 11.6. The number of unbranched alkanes of at least 4 members (excludes halogenated alkanes) is 1. The number of benzene rings is 1. The highest BCUT2D eigenvalue weighted by Gasteiger charge is 2.00. The Kier molecular flexibility index (Phi) is 4.68. The van der Waals surface area contributed by atoms with Gasteiger partial charge in [-0.25, -0.2) is 0 Å². The molecule has 0 aliphatic rings. The maximum absolute atomic E-state index is 11.3. The van der Waals surface area contributed by atoms with Crippen LogP contribution in [0.1, 0.15) is 31.7 Å². The van der Waals surface area contributed by atoms with Gasteiger partial charge in [0.05, 0.1) is 0 Å². The zero-order chi connectivity index (χ0) is 11.1. The molecule has 0 heterocycles. The second-order valence-corrected chi connectivity index (χ2v) is 3.55. The molecule has 0 atom stereocenters. The lowest BCUT2D eigenvalue weighted by molar-refractivity contribution is -0.121. The molecule has 0 saturated heterocycles. The molecule has 0 unspecified atom stereocenters. The van der Waals surface area contributed by atoms with Crippen molar-refractivity contribution in [3.63, 3.8) is 0 Å². The van der Waals surface area contributed by atoms with Crippen LogP contribution in [0.3, 0.4) is 0 Å². The zero-order valence-electron chi connectivity index (χ0n) is 8.99. The highest BCUT2D eigenvalue weighted by molar-refractivity contribution is 5.75. The lowest BCUT2D eigenvalue weighted by Gasteiger charge is -2.04. The van der Waals surface area contributed by atoms with Crippen molar-refractivity contribution in [2.75, 3.05) is 0 Å². The molecule has 15 heavy (non-hydrogen) atoms. The number of aromatic hydroxyl groups is 1. The van der Waals surface area contributed by atoms with E-state index in [4.69, 9.17) is 0 Å². The Hall–Kier alpha value is -1.51. The molecule has 0 bridgehead atoms. The van der Waals surface area contributed by atoms with E-state index < -0.39 is 0 Å². The van der Waals surface area contributed by atoms with E-state index in [0.717, 1.165) is 18.4 Å². The molecule has 0 radical (unpaired) electrons. The zero-order valence-corrected chi connectivity index (χ0v) is 8.99. The van der Waals surface area contributed by atoms with E-state index in [0.29, 0.717) is 13.0 Å². The largest absolute Gasteiger partial charge is 0.508 e. The van der Waals surface area contributed by atoms with Gasteiger partial charge in [-0.1, -0.05) is 25.5 Å². The minimum absolute atomic E-state index is 0.0696. The normalized spacial score (nSPS) is 9.93. The maximum Gasteiger partial charge on any atom is 0.220 e. The SMILES string of the molecule is CCCCC(=O)NCc1cccc(O)c1. The number of hydrogen-bond acceptors (Lipinski definition) is 2. The van der Waals surface area contributed by atoms with Crippen LogP contribution in [0.25, 0.3) is 0 Å². The molecular weight excluding hydrogens is 190 g/mol. The van der Waals surface area contributed by atoms with E-state index in [-0.39, 0.29) is 11.7 Å². The van der Waals surface area contributed by atoms with Gasteiger partial charge in [0.1, 0.15) is 5.75 Å². The molecule has 3 heteroatoms. The number of carbonyl (C=O) groups excluding carboxylic acids is 1. The van der Waals surface area contributed by atoms with Crippen molar-refractivity contribution in [2.24, 2.45) is 0 Å². The van der Waals surface area contributed by atoms with Crippen molar-refractivity contribution >= 4 is 5.91 Å². The lowest BCUT2D eigenvalue weighted by Crippen LogP contribution is -2.22. The molecule has 0 aliphatic carbocycles. The van der Waals surface area contributed by atoms with Gasteiger partial charge in [0.2, 0.25) is 5.91 Å². The number of phenolic OH excluding ortho intramolecular Hbond substituents is 1. The molecule has 2 N–H and O–H groups in total. The number of amides is 1. The fourth-order valence-corrected chi connectivity index (χ4v) is 1.29. The van der Waals surface area contributed by atoms with Crippen molar-refractivity contribution in [2.45, 2.75) is 32.7 Å². The highest BCUT2D eigenvalue weighted by Crippen LogP contribution is 2.10. The van der Waals surface area contributed by atoms with Crippen molar-refractivity contribution in [3.05, 3.63) is 29.8 Å². The smallest absolute Gasteiger partial charge is 0.220 e. The van der Waals surface area contributed by atoms with Crippen molar-refractivity contribution < 1.29 is 9.90 Å². The van der Waals surface area contributed by atoms with Gasteiger partial charge in [-0.2, -0.15) is 0 Å². The molecule has 0 spiro atoms. The van der Waals surface area contributed by atoms with Crippen molar-refractivity contribution in [3.8, 4) is 5.75 Å². The summed E-state index contributed by atoms with van der Waals surface area (Å²) in [7, 11) is 0. The van der Waals surface area contributed by atoms with E-state index in [1.54, 1.807) is 18.2 Å². The fourth-order valence-electron chi connectivity index (χ4n) is 1.29. The number of rotatable bonds is 5. The molecule has 1 rings (SSSR count). The van der Waals surface area contributed by atoms with Crippen LogP contribution in [0.5, 0.6) is 5.75 Å². The second kappa shape index (κ2) is 6.06. The van der Waals surface area contributed by atoms with Gasteiger partial charge in [-0.05, 0) is 24.1 Å². The summed E-state index contributed by atoms with van der Waals surface area (Å²) in [6, 6.07) is 6.91. The maximum atomic E-state index is 11.3. The molecule has 0 fully saturated rings. The van der Waals surface area contributed by atoms with Crippen LogP contribution in [0.2, 0.25) is 0 Å². The topological polar surface area (TPSA) is 49.3 Å². The van der Waals surface area contributed by atoms with Crippen LogP contribution in [-0.4, -0.2) is 11.0 Å². The summed E-state index contributed by atoms with van der Waals surface area (Å²) in [5.74, 6) is 0.301. The third-order valence-electron chi connectivity index (χ3n) is 2.16. The van der Waals surface area contributed by atoms with Gasteiger partial charge in [0.25, 0.3) is 0 Å². The Morgan fingerprint density at radius 1 is 1.47 bits per heavy atom. The molecular formula is C12H17NO2. The summed E-state index contributed by atoms with van der Waals surface area (Å²) in [4.78, 5) is 11.3. The molecule has 0 aromatic heterocycles. The number of carbonyl (C=O) groups is 1. The highest BCUT2D eigenvalue weighted by atomic mass is 16.3. The van der Waals surface area contributed by atoms with Crippen LogP contribution in [0.15, 0.2) is 24.3 Å². The van der Waals surface area contributed by atoms with E-state index in [9.17, 15) is 9.90 Å². The Morgan fingerprint density at radius 3 is 2.93 bits per heavy atom. The van der Waals surface area contributed by atoms with E-state index in [1.807, 2.05) is 6.07 Å². The predicted octanol–water partition coefficient (Wildman–Crippen LogP) is 2.20. The molecule has 0 aliphatic heterocycles. The number of nitrogens with one attached hydrogen (secondary N) is 1. The summed E-state index contributed by atoms with van der Waals surface area (Å²) in [5.41, 5.74) is 0.917. The third kappa shape index (κ3) is 4.49. The van der Waals surface area contributed by atoms with Crippen LogP contribution < -0.4 is 5.32 Å². The number of phenols is 1. The fraction of sp³-hybridized carbons (Fsp3) is 0.417. The van der Waals surface area contributed by atoms with Gasteiger partial charge >= 0.3 is 0 Å². The molecule has 3 nitrogen and oxygen atoms in total. The molecule has 82 valence electrons. The van der Waals surface area contributed by atoms with E-state index in [1.165, 1.54) is 0 Å². The van der Waals surface area contributed by atoms with Gasteiger partial charge < -0.3 is 10.4 Å². The third-order valence-corrected chi connectivity index (χ3v) is 2.16. The van der Waals surface area contributed by atoms with E-state index >= 15 is 0 Å². The van der Waals surface area contributed by atoms with Gasteiger partial charge in [0, 0.05) is 13.0 Å². The molecule has 1 aromatic rings. The first-order valence-corrected chi connectivity index (χ1v) is 5.27. The quantitative estimate of drug-likeness (QED) is 0.777. The summed E-state index contributed by atoms with van der Waals surface area (Å²) in [5, 5.41) is 12.0. The molecule has 1 amide bonds. The van der Waals surface area contributed by atoms with Crippen LogP contribution >= 0.6 is 0 Å². The Bertz CT molecular complexity index is 323. The Labute approximate surface area is 90.1 Å². The molecule has 0 saturated carbocycles. The first-order valence-electron chi connectivity index (χ1n) is 5.27. The van der Waals surface area contributed by atoms with Gasteiger partial charge in [-0.3, -0.25) is 4.79 Å². The average Bonchev–Trinajstić information content (AvgIpc) is 2.23. The van der Waals surface area contributed by atoms with Gasteiger partial charge in [0.15, 0.2) is 0 Å². The van der Waals surface area contributed by atoms with E-state index in [2.05, 4.69) is 12.2 Å². The Balaban J connectivity index is 2.33. The van der Waals surface area contributed by atoms with Gasteiger partial charge in [-0.15, -0.1) is 0 Å². The monoisotopic (exact) mass is 207 g/mol. The summed E-state index contributed by atoms with van der Waals surface area (Å²) < 4.78 is 0. The van der Waals surface area contributed by atoms with Crippen LogP contribution in [0, 0.1) is 0 Å². The Morgan fingerprint density at radius 2 is 2.27 bits per heavy atom. The number of hydrogen-bond donors (Lipinski definition) is 2. The van der Waals surface area contributed by atoms with Crippen molar-refractivity contribution in [1.82, 2.24) is 5.32 Å². The second-order valence-electron chi connectivity index (χ2n) is 3.55. The summed E-state index contributed by atoms with van der Waals surface area (Å²) in [6.45, 7) is 2.54.